The summed E-state index contributed by atoms with van der Waals surface area (Å²) in [5.41, 5.74) is -0.189. The molecule has 0 bridgehead atoms. The first-order valence-electron chi connectivity index (χ1n) is 8.07. The number of likely N-dealkylation sites (tertiary alicyclic amines) is 1. The lowest BCUT2D eigenvalue weighted by Crippen LogP contribution is -2.45. The van der Waals surface area contributed by atoms with Crippen molar-refractivity contribution >= 4 is 5.91 Å². The fourth-order valence-corrected chi connectivity index (χ4v) is 3.95. The van der Waals surface area contributed by atoms with E-state index in [2.05, 4.69) is 6.92 Å². The lowest BCUT2D eigenvalue weighted by Gasteiger charge is -2.40. The van der Waals surface area contributed by atoms with Gasteiger partial charge in [0, 0.05) is 20.2 Å². The van der Waals surface area contributed by atoms with Crippen molar-refractivity contribution in [1.82, 2.24) is 4.90 Å². The Labute approximate surface area is 121 Å². The molecule has 2 heterocycles. The fraction of sp³-hybridized carbons (Fsp3) is 0.938. The monoisotopic (exact) mass is 281 g/mol. The van der Waals surface area contributed by atoms with E-state index in [1.807, 2.05) is 4.90 Å². The Morgan fingerprint density at radius 2 is 2.20 bits per heavy atom. The molecule has 0 aromatic carbocycles. The van der Waals surface area contributed by atoms with Gasteiger partial charge in [0.25, 0.3) is 0 Å². The molecule has 1 amide bonds. The van der Waals surface area contributed by atoms with Gasteiger partial charge in [-0.15, -0.1) is 0 Å². The molecule has 3 rings (SSSR count). The number of carbonyl (C=O) groups is 1. The average Bonchev–Trinajstić information content (AvgIpc) is 3.02. The Morgan fingerprint density at radius 1 is 1.40 bits per heavy atom. The Morgan fingerprint density at radius 3 is 2.75 bits per heavy atom. The maximum Gasteiger partial charge on any atom is 0.225 e. The minimum atomic E-state index is -0.157. The summed E-state index contributed by atoms with van der Waals surface area (Å²) in [4.78, 5) is 14.5. The average molecular weight is 281 g/mol. The van der Waals surface area contributed by atoms with Crippen LogP contribution in [0.5, 0.6) is 0 Å². The van der Waals surface area contributed by atoms with E-state index in [-0.39, 0.29) is 17.1 Å². The van der Waals surface area contributed by atoms with Crippen molar-refractivity contribution in [2.75, 3.05) is 26.8 Å². The summed E-state index contributed by atoms with van der Waals surface area (Å²) in [6, 6.07) is 0. The molecule has 3 aliphatic rings. The third kappa shape index (κ3) is 2.48. The van der Waals surface area contributed by atoms with E-state index in [4.69, 9.17) is 9.47 Å². The number of nitrogens with zero attached hydrogens (tertiary/aromatic N) is 1. The van der Waals surface area contributed by atoms with Crippen LogP contribution in [0.2, 0.25) is 0 Å². The molecule has 114 valence electrons. The Kier molecular flexibility index (Phi) is 3.80. The molecule has 2 saturated heterocycles. The Hall–Kier alpha value is -0.610. The first-order chi connectivity index (χ1) is 9.60. The predicted octanol–water partition coefficient (Wildman–Crippen LogP) is 2.36. The highest BCUT2D eigenvalue weighted by atomic mass is 16.5. The van der Waals surface area contributed by atoms with E-state index < -0.39 is 0 Å². The lowest BCUT2D eigenvalue weighted by molar-refractivity contribution is -0.144. The van der Waals surface area contributed by atoms with Crippen LogP contribution in [0.1, 0.15) is 51.9 Å². The third-order valence-corrected chi connectivity index (χ3v) is 5.70. The van der Waals surface area contributed by atoms with E-state index in [0.29, 0.717) is 12.3 Å². The van der Waals surface area contributed by atoms with Gasteiger partial charge in [0.15, 0.2) is 0 Å². The summed E-state index contributed by atoms with van der Waals surface area (Å²) in [5, 5.41) is 0. The molecular formula is C16H27NO3. The number of methoxy groups -OCH3 is 1. The Balaban J connectivity index is 1.56. The topological polar surface area (TPSA) is 38.8 Å². The van der Waals surface area contributed by atoms with Gasteiger partial charge >= 0.3 is 0 Å². The molecule has 20 heavy (non-hydrogen) atoms. The second-order valence-corrected chi connectivity index (χ2v) is 6.96. The third-order valence-electron chi connectivity index (χ3n) is 5.70. The number of hydrogen-bond donors (Lipinski definition) is 0. The molecule has 2 unspecified atom stereocenters. The van der Waals surface area contributed by atoms with Crippen molar-refractivity contribution in [3.8, 4) is 0 Å². The van der Waals surface area contributed by atoms with Gasteiger partial charge in [0.05, 0.1) is 24.2 Å². The summed E-state index contributed by atoms with van der Waals surface area (Å²) in [5.74, 6) is 0.939. The molecule has 4 heteroatoms. The maximum atomic E-state index is 12.5. The van der Waals surface area contributed by atoms with E-state index in [0.717, 1.165) is 45.4 Å². The van der Waals surface area contributed by atoms with Gasteiger partial charge in [0.1, 0.15) is 0 Å². The second kappa shape index (κ2) is 5.30. The van der Waals surface area contributed by atoms with Crippen molar-refractivity contribution in [2.24, 2.45) is 5.92 Å². The minimum absolute atomic E-state index is 0.0316. The van der Waals surface area contributed by atoms with Crippen LogP contribution in [-0.2, 0) is 14.3 Å². The predicted molar refractivity (Wildman–Crippen MR) is 76.5 cm³/mol. The number of ether oxygens (including phenoxy) is 2. The molecule has 0 aromatic heterocycles. The molecule has 4 nitrogen and oxygen atoms in total. The van der Waals surface area contributed by atoms with Gasteiger partial charge in [-0.25, -0.2) is 0 Å². The van der Waals surface area contributed by atoms with E-state index >= 15 is 0 Å². The van der Waals surface area contributed by atoms with Gasteiger partial charge < -0.3 is 14.4 Å². The number of amides is 1. The highest BCUT2D eigenvalue weighted by Gasteiger charge is 2.47. The largest absolute Gasteiger partial charge is 0.378 e. The molecule has 3 fully saturated rings. The SMILES string of the molecule is CCC1COC2(CCN(C(=O)CC3(OC)CCC3)C2)C1. The molecule has 2 aliphatic heterocycles. The van der Waals surface area contributed by atoms with Gasteiger partial charge in [-0.2, -0.15) is 0 Å². The highest BCUT2D eigenvalue weighted by molar-refractivity contribution is 5.78. The Bertz CT molecular complexity index is 374. The van der Waals surface area contributed by atoms with Crippen molar-refractivity contribution < 1.29 is 14.3 Å². The van der Waals surface area contributed by atoms with Crippen LogP contribution < -0.4 is 0 Å². The molecular weight excluding hydrogens is 254 g/mol. The maximum absolute atomic E-state index is 12.5. The van der Waals surface area contributed by atoms with Crippen LogP contribution >= 0.6 is 0 Å². The van der Waals surface area contributed by atoms with E-state index in [1.54, 1.807) is 7.11 Å². The van der Waals surface area contributed by atoms with Crippen LogP contribution in [0.15, 0.2) is 0 Å². The van der Waals surface area contributed by atoms with Crippen molar-refractivity contribution in [3.63, 3.8) is 0 Å². The minimum Gasteiger partial charge on any atom is -0.378 e. The van der Waals surface area contributed by atoms with Crippen LogP contribution in [0.4, 0.5) is 0 Å². The number of rotatable bonds is 4. The van der Waals surface area contributed by atoms with Crippen LogP contribution in [0.25, 0.3) is 0 Å². The zero-order chi connectivity index (χ0) is 14.2. The summed E-state index contributed by atoms with van der Waals surface area (Å²) >= 11 is 0. The smallest absolute Gasteiger partial charge is 0.225 e. The molecule has 0 N–H and O–H groups in total. The lowest BCUT2D eigenvalue weighted by atomic mass is 9.77. The van der Waals surface area contributed by atoms with Gasteiger partial charge in [-0.3, -0.25) is 4.79 Å². The summed E-state index contributed by atoms with van der Waals surface area (Å²) in [6.45, 7) is 4.75. The van der Waals surface area contributed by atoms with Gasteiger partial charge in [-0.05, 0) is 38.0 Å². The quantitative estimate of drug-likeness (QED) is 0.794. The standard InChI is InChI=1S/C16H27NO3/c1-3-13-9-16(20-11-13)7-8-17(12-16)14(18)10-15(19-2)5-4-6-15/h13H,3-12H2,1-2H3. The van der Waals surface area contributed by atoms with E-state index in [9.17, 15) is 4.79 Å². The van der Waals surface area contributed by atoms with Crippen LogP contribution in [-0.4, -0.2) is 48.8 Å². The number of hydrogen-bond acceptors (Lipinski definition) is 3. The molecule has 2 atom stereocenters. The second-order valence-electron chi connectivity index (χ2n) is 6.96. The molecule has 1 aliphatic carbocycles. The van der Waals surface area contributed by atoms with Gasteiger partial charge in [-0.1, -0.05) is 13.3 Å². The zero-order valence-electron chi connectivity index (χ0n) is 12.8. The van der Waals surface area contributed by atoms with Crippen molar-refractivity contribution in [2.45, 2.75) is 63.1 Å². The first-order valence-corrected chi connectivity index (χ1v) is 8.07. The number of carbonyl (C=O) groups excluding carboxylic acids is 1. The van der Waals surface area contributed by atoms with Crippen molar-refractivity contribution in [3.05, 3.63) is 0 Å². The first kappa shape index (κ1) is 14.3. The normalized spacial score (nSPS) is 35.5. The van der Waals surface area contributed by atoms with Crippen molar-refractivity contribution in [1.29, 1.82) is 0 Å². The highest BCUT2D eigenvalue weighted by Crippen LogP contribution is 2.41. The molecule has 0 radical (unpaired) electrons. The zero-order valence-corrected chi connectivity index (χ0v) is 12.8. The molecule has 1 spiro atoms. The molecule has 1 saturated carbocycles. The van der Waals surface area contributed by atoms with E-state index in [1.165, 1.54) is 12.8 Å². The fourth-order valence-electron chi connectivity index (χ4n) is 3.95. The van der Waals surface area contributed by atoms with Crippen LogP contribution in [0.3, 0.4) is 0 Å². The van der Waals surface area contributed by atoms with Gasteiger partial charge in [0.2, 0.25) is 5.91 Å². The summed E-state index contributed by atoms with van der Waals surface area (Å²) < 4.78 is 11.6. The summed E-state index contributed by atoms with van der Waals surface area (Å²) in [7, 11) is 1.74. The van der Waals surface area contributed by atoms with Crippen LogP contribution in [0, 0.1) is 5.92 Å². The molecule has 0 aromatic rings. The summed E-state index contributed by atoms with van der Waals surface area (Å²) in [6.07, 6.45) is 7.12.